The summed E-state index contributed by atoms with van der Waals surface area (Å²) in [6, 6.07) is 9.30. The van der Waals surface area contributed by atoms with Gasteiger partial charge in [-0.3, -0.25) is 9.89 Å². The monoisotopic (exact) mass is 552 g/mol. The van der Waals surface area contributed by atoms with Crippen LogP contribution in [0.25, 0.3) is 0 Å². The van der Waals surface area contributed by atoms with E-state index in [1.54, 1.807) is 7.05 Å². The number of hydrogen-bond donors (Lipinski definition) is 2. The van der Waals surface area contributed by atoms with Gasteiger partial charge in [0.1, 0.15) is 0 Å². The van der Waals surface area contributed by atoms with E-state index in [0.717, 1.165) is 31.8 Å². The molecular formula is C21H37IN4O3S. The van der Waals surface area contributed by atoms with Crippen LogP contribution in [-0.4, -0.2) is 77.5 Å². The van der Waals surface area contributed by atoms with Crippen LogP contribution in [-0.2, 0) is 20.3 Å². The van der Waals surface area contributed by atoms with Crippen molar-refractivity contribution in [3.05, 3.63) is 35.9 Å². The molecule has 0 saturated carbocycles. The van der Waals surface area contributed by atoms with Gasteiger partial charge >= 0.3 is 0 Å². The van der Waals surface area contributed by atoms with E-state index >= 15 is 0 Å². The standard InChI is InChI=1S/C21H36N4O3S.HI/c1-18(2)15-25-11-12-28-20(16-25)14-24-21(22-3)23-10-7-13-29(26,27)17-19-8-5-4-6-9-19;/h4-6,8-9,18,20H,7,10-17H2,1-3H3,(H2,22,23,24);1H. The van der Waals surface area contributed by atoms with E-state index in [4.69, 9.17) is 4.74 Å². The molecule has 1 aliphatic rings. The third-order valence-electron chi connectivity index (χ3n) is 4.72. The summed E-state index contributed by atoms with van der Waals surface area (Å²) in [4.78, 5) is 6.66. The Labute approximate surface area is 199 Å². The highest BCUT2D eigenvalue weighted by Gasteiger charge is 2.21. The van der Waals surface area contributed by atoms with Gasteiger partial charge in [-0.15, -0.1) is 24.0 Å². The van der Waals surface area contributed by atoms with Gasteiger partial charge < -0.3 is 15.4 Å². The van der Waals surface area contributed by atoms with E-state index in [0.29, 0.717) is 31.4 Å². The predicted molar refractivity (Wildman–Crippen MR) is 134 cm³/mol. The fourth-order valence-corrected chi connectivity index (χ4v) is 4.85. The van der Waals surface area contributed by atoms with Crippen LogP contribution < -0.4 is 10.6 Å². The molecule has 0 bridgehead atoms. The SMILES string of the molecule is CN=C(NCCCS(=O)(=O)Cc1ccccc1)NCC1CN(CC(C)C)CCO1.I. The fraction of sp³-hybridized carbons (Fsp3) is 0.667. The van der Waals surface area contributed by atoms with Crippen molar-refractivity contribution in [1.82, 2.24) is 15.5 Å². The van der Waals surface area contributed by atoms with E-state index in [-0.39, 0.29) is 41.6 Å². The van der Waals surface area contributed by atoms with Gasteiger partial charge in [-0.1, -0.05) is 44.2 Å². The lowest BCUT2D eigenvalue weighted by Crippen LogP contribution is -2.50. The van der Waals surface area contributed by atoms with Crippen molar-refractivity contribution in [3.63, 3.8) is 0 Å². The number of guanidine groups is 1. The van der Waals surface area contributed by atoms with Gasteiger partial charge in [-0.05, 0) is 17.9 Å². The summed E-state index contributed by atoms with van der Waals surface area (Å²) in [7, 11) is -1.39. The van der Waals surface area contributed by atoms with Gasteiger partial charge in [-0.25, -0.2) is 8.42 Å². The zero-order valence-corrected chi connectivity index (χ0v) is 21.5. The molecule has 1 fully saturated rings. The van der Waals surface area contributed by atoms with Gasteiger partial charge in [0.15, 0.2) is 15.8 Å². The molecule has 0 aromatic heterocycles. The minimum Gasteiger partial charge on any atom is -0.374 e. The zero-order chi connectivity index (χ0) is 21.1. The van der Waals surface area contributed by atoms with Crippen LogP contribution in [0.2, 0.25) is 0 Å². The van der Waals surface area contributed by atoms with Gasteiger partial charge in [-0.2, -0.15) is 0 Å². The minimum atomic E-state index is -3.11. The molecule has 1 atom stereocenters. The van der Waals surface area contributed by atoms with E-state index < -0.39 is 9.84 Å². The number of benzene rings is 1. The Balaban J connectivity index is 0.00000450. The average Bonchev–Trinajstić information content (AvgIpc) is 2.67. The number of halogens is 1. The molecule has 0 aliphatic carbocycles. The summed E-state index contributed by atoms with van der Waals surface area (Å²) in [5, 5.41) is 6.48. The molecule has 1 aliphatic heterocycles. The lowest BCUT2D eigenvalue weighted by atomic mass is 10.2. The minimum absolute atomic E-state index is 0. The third kappa shape index (κ3) is 10.9. The summed E-state index contributed by atoms with van der Waals surface area (Å²) < 4.78 is 30.4. The summed E-state index contributed by atoms with van der Waals surface area (Å²) in [5.41, 5.74) is 0.830. The van der Waals surface area contributed by atoms with Crippen molar-refractivity contribution < 1.29 is 13.2 Å². The fourth-order valence-electron chi connectivity index (χ4n) is 3.42. The van der Waals surface area contributed by atoms with Crippen LogP contribution >= 0.6 is 24.0 Å². The molecule has 1 heterocycles. The molecule has 172 valence electrons. The van der Waals surface area contributed by atoms with Crippen LogP contribution in [0.1, 0.15) is 25.8 Å². The average molecular weight is 553 g/mol. The number of nitrogens with one attached hydrogen (secondary N) is 2. The van der Waals surface area contributed by atoms with Crippen molar-refractivity contribution in [1.29, 1.82) is 0 Å². The molecule has 0 radical (unpaired) electrons. The summed E-state index contributed by atoms with van der Waals surface area (Å²) in [6.45, 7) is 9.44. The Kier molecular flexibility index (Phi) is 12.8. The van der Waals surface area contributed by atoms with E-state index in [9.17, 15) is 8.42 Å². The Morgan fingerprint density at radius 3 is 2.67 bits per heavy atom. The second kappa shape index (κ2) is 14.2. The first-order valence-corrected chi connectivity index (χ1v) is 12.2. The molecule has 0 spiro atoms. The molecular weight excluding hydrogens is 515 g/mol. The first kappa shape index (κ1) is 27.1. The highest BCUT2D eigenvalue weighted by Crippen LogP contribution is 2.08. The smallest absolute Gasteiger partial charge is 0.191 e. The topological polar surface area (TPSA) is 83.0 Å². The first-order chi connectivity index (χ1) is 13.9. The molecule has 9 heteroatoms. The van der Waals surface area contributed by atoms with E-state index in [1.807, 2.05) is 30.3 Å². The maximum atomic E-state index is 12.3. The van der Waals surface area contributed by atoms with Crippen molar-refractivity contribution in [2.75, 3.05) is 52.1 Å². The molecule has 7 nitrogen and oxygen atoms in total. The Bertz CT molecular complexity index is 729. The highest BCUT2D eigenvalue weighted by atomic mass is 127. The van der Waals surface area contributed by atoms with Crippen molar-refractivity contribution in [2.45, 2.75) is 32.1 Å². The molecule has 1 aromatic carbocycles. The Hall–Kier alpha value is -0.910. The Morgan fingerprint density at radius 1 is 1.27 bits per heavy atom. The number of ether oxygens (including phenoxy) is 1. The molecule has 1 aromatic rings. The maximum absolute atomic E-state index is 12.3. The summed E-state index contributed by atoms with van der Waals surface area (Å²) in [5.74, 6) is 1.57. The third-order valence-corrected chi connectivity index (χ3v) is 6.40. The van der Waals surface area contributed by atoms with E-state index in [2.05, 4.69) is 34.4 Å². The van der Waals surface area contributed by atoms with Gasteiger partial charge in [0.2, 0.25) is 0 Å². The van der Waals surface area contributed by atoms with Crippen molar-refractivity contribution in [3.8, 4) is 0 Å². The second-order valence-electron chi connectivity index (χ2n) is 7.96. The zero-order valence-electron chi connectivity index (χ0n) is 18.3. The number of rotatable bonds is 10. The molecule has 1 unspecified atom stereocenters. The van der Waals surface area contributed by atoms with Crippen molar-refractivity contribution in [2.24, 2.45) is 10.9 Å². The van der Waals surface area contributed by atoms with Gasteiger partial charge in [0.25, 0.3) is 0 Å². The van der Waals surface area contributed by atoms with Crippen LogP contribution in [0.4, 0.5) is 0 Å². The summed E-state index contributed by atoms with van der Waals surface area (Å²) in [6.07, 6.45) is 0.671. The number of nitrogens with zero attached hydrogens (tertiary/aromatic N) is 2. The second-order valence-corrected chi connectivity index (χ2v) is 10.1. The van der Waals surface area contributed by atoms with Crippen LogP contribution in [0, 0.1) is 5.92 Å². The number of morpholine rings is 1. The number of sulfone groups is 1. The largest absolute Gasteiger partial charge is 0.374 e. The molecule has 0 amide bonds. The molecule has 2 rings (SSSR count). The van der Waals surface area contributed by atoms with Crippen LogP contribution in [0.5, 0.6) is 0 Å². The lowest BCUT2D eigenvalue weighted by Gasteiger charge is -2.34. The van der Waals surface area contributed by atoms with E-state index in [1.165, 1.54) is 0 Å². The highest BCUT2D eigenvalue weighted by molar-refractivity contribution is 14.0. The van der Waals surface area contributed by atoms with Crippen LogP contribution in [0.3, 0.4) is 0 Å². The number of aliphatic imine (C=N–C) groups is 1. The Morgan fingerprint density at radius 2 is 2.00 bits per heavy atom. The molecule has 1 saturated heterocycles. The van der Waals surface area contributed by atoms with Gasteiger partial charge in [0.05, 0.1) is 24.2 Å². The number of hydrogen-bond acceptors (Lipinski definition) is 5. The molecule has 2 N–H and O–H groups in total. The first-order valence-electron chi connectivity index (χ1n) is 10.4. The van der Waals surface area contributed by atoms with Gasteiger partial charge in [0, 0.05) is 39.8 Å². The van der Waals surface area contributed by atoms with Crippen LogP contribution in [0.15, 0.2) is 35.3 Å². The lowest BCUT2D eigenvalue weighted by molar-refractivity contribution is -0.0284. The van der Waals surface area contributed by atoms with Crippen molar-refractivity contribution >= 4 is 39.8 Å². The maximum Gasteiger partial charge on any atom is 0.191 e. The molecule has 30 heavy (non-hydrogen) atoms. The quantitative estimate of drug-likeness (QED) is 0.200. The normalized spacial score (nSPS) is 18.1. The summed E-state index contributed by atoms with van der Waals surface area (Å²) >= 11 is 0. The predicted octanol–water partition coefficient (Wildman–Crippen LogP) is 2.13.